The van der Waals surface area contributed by atoms with Gasteiger partial charge in [-0.15, -0.1) is 0 Å². The van der Waals surface area contributed by atoms with Crippen molar-refractivity contribution in [3.05, 3.63) is 23.5 Å². The number of thiocarbonyl (C=S) groups is 1. The van der Waals surface area contributed by atoms with Gasteiger partial charge in [-0.2, -0.15) is 9.67 Å². The quantitative estimate of drug-likeness (QED) is 0.224. The number of aromatic nitrogens is 1. The molecule has 0 bridgehead atoms. The summed E-state index contributed by atoms with van der Waals surface area (Å²) in [5.74, 6) is 5.29. The molecule has 16 heavy (non-hydrogen) atoms. The van der Waals surface area contributed by atoms with Crippen molar-refractivity contribution in [2.45, 2.75) is 6.92 Å². The SMILES string of the molecule is CCNC(=S)c1cc(O)c[n+](C)c1C=NN. The first-order valence-corrected chi connectivity index (χ1v) is 5.25. The highest BCUT2D eigenvalue weighted by atomic mass is 32.1. The fourth-order valence-electron chi connectivity index (χ4n) is 1.39. The van der Waals surface area contributed by atoms with Gasteiger partial charge in [0, 0.05) is 12.6 Å². The summed E-state index contributed by atoms with van der Waals surface area (Å²) in [6.45, 7) is 2.67. The Hall–Kier alpha value is -1.69. The second-order valence-corrected chi connectivity index (χ2v) is 3.65. The summed E-state index contributed by atoms with van der Waals surface area (Å²) in [6.07, 6.45) is 3.06. The first-order chi connectivity index (χ1) is 7.60. The van der Waals surface area contributed by atoms with E-state index < -0.39 is 0 Å². The summed E-state index contributed by atoms with van der Waals surface area (Å²) in [5.41, 5.74) is 1.44. The van der Waals surface area contributed by atoms with Gasteiger partial charge in [0.2, 0.25) is 11.9 Å². The van der Waals surface area contributed by atoms with Crippen LogP contribution in [0, 0.1) is 0 Å². The smallest absolute Gasteiger partial charge is 0.235 e. The molecule has 5 nitrogen and oxygen atoms in total. The highest BCUT2D eigenvalue weighted by molar-refractivity contribution is 7.80. The number of hydrazone groups is 1. The Labute approximate surface area is 99.6 Å². The molecule has 0 amide bonds. The van der Waals surface area contributed by atoms with Gasteiger partial charge >= 0.3 is 0 Å². The molecular formula is C10H15N4OS+. The summed E-state index contributed by atoms with van der Waals surface area (Å²) in [6, 6.07) is 1.59. The second-order valence-electron chi connectivity index (χ2n) is 3.25. The Balaban J connectivity index is 3.28. The van der Waals surface area contributed by atoms with Crippen LogP contribution in [0.25, 0.3) is 0 Å². The Morgan fingerprint density at radius 2 is 2.44 bits per heavy atom. The lowest BCUT2D eigenvalue weighted by molar-refractivity contribution is -0.672. The highest BCUT2D eigenvalue weighted by Crippen LogP contribution is 2.11. The molecule has 0 atom stereocenters. The maximum absolute atomic E-state index is 9.52. The normalized spacial score (nSPS) is 10.6. The van der Waals surface area contributed by atoms with Crippen LogP contribution in [0.3, 0.4) is 0 Å². The van der Waals surface area contributed by atoms with Crippen LogP contribution in [-0.4, -0.2) is 22.9 Å². The molecule has 0 aliphatic heterocycles. The van der Waals surface area contributed by atoms with Crippen LogP contribution in [-0.2, 0) is 7.05 Å². The van der Waals surface area contributed by atoms with Gasteiger partial charge in [0.15, 0.2) is 5.75 Å². The van der Waals surface area contributed by atoms with E-state index in [0.29, 0.717) is 10.6 Å². The number of nitrogens with two attached hydrogens (primary N) is 1. The lowest BCUT2D eigenvalue weighted by Crippen LogP contribution is -2.37. The van der Waals surface area contributed by atoms with E-state index in [0.717, 1.165) is 12.2 Å². The molecule has 86 valence electrons. The molecule has 0 unspecified atom stereocenters. The van der Waals surface area contributed by atoms with Crippen molar-refractivity contribution in [2.24, 2.45) is 18.0 Å². The van der Waals surface area contributed by atoms with Gasteiger partial charge in [0.1, 0.15) is 18.3 Å². The molecule has 0 aliphatic rings. The molecule has 0 saturated heterocycles. The number of rotatable bonds is 3. The van der Waals surface area contributed by atoms with Gasteiger partial charge in [-0.3, -0.25) is 0 Å². The van der Waals surface area contributed by atoms with Crippen molar-refractivity contribution < 1.29 is 9.67 Å². The molecule has 4 N–H and O–H groups in total. The number of aryl methyl sites for hydroxylation is 1. The van der Waals surface area contributed by atoms with Gasteiger partial charge < -0.3 is 16.3 Å². The zero-order valence-corrected chi connectivity index (χ0v) is 10.1. The first kappa shape index (κ1) is 12.4. The molecule has 0 aromatic carbocycles. The minimum Gasteiger partial charge on any atom is -0.503 e. The van der Waals surface area contributed by atoms with Gasteiger partial charge in [-0.25, -0.2) is 0 Å². The van der Waals surface area contributed by atoms with Crippen LogP contribution in [0.15, 0.2) is 17.4 Å². The van der Waals surface area contributed by atoms with Crippen LogP contribution in [0.5, 0.6) is 5.75 Å². The van der Waals surface area contributed by atoms with Crippen molar-refractivity contribution in [3.8, 4) is 5.75 Å². The van der Waals surface area contributed by atoms with Crippen molar-refractivity contribution in [3.63, 3.8) is 0 Å². The third kappa shape index (κ3) is 2.66. The van der Waals surface area contributed by atoms with Crippen LogP contribution in [0.4, 0.5) is 0 Å². The minimum absolute atomic E-state index is 0.145. The van der Waals surface area contributed by atoms with E-state index in [1.54, 1.807) is 23.9 Å². The summed E-state index contributed by atoms with van der Waals surface area (Å²) < 4.78 is 1.71. The van der Waals surface area contributed by atoms with Crippen LogP contribution in [0.2, 0.25) is 0 Å². The van der Waals surface area contributed by atoms with Crippen LogP contribution < -0.4 is 15.7 Å². The Morgan fingerprint density at radius 3 is 3.00 bits per heavy atom. The maximum atomic E-state index is 9.52. The molecule has 0 spiro atoms. The van der Waals surface area contributed by atoms with E-state index in [9.17, 15) is 5.11 Å². The zero-order chi connectivity index (χ0) is 12.1. The van der Waals surface area contributed by atoms with E-state index in [1.807, 2.05) is 6.92 Å². The Bertz CT molecular complexity index is 431. The van der Waals surface area contributed by atoms with Crippen molar-refractivity contribution in [2.75, 3.05) is 6.54 Å². The van der Waals surface area contributed by atoms with E-state index >= 15 is 0 Å². The molecule has 0 fully saturated rings. The van der Waals surface area contributed by atoms with E-state index in [4.69, 9.17) is 18.1 Å². The summed E-state index contributed by atoms with van der Waals surface area (Å²) in [7, 11) is 1.79. The number of hydrogen-bond acceptors (Lipinski definition) is 4. The van der Waals surface area contributed by atoms with Gasteiger partial charge in [-0.1, -0.05) is 12.2 Å². The van der Waals surface area contributed by atoms with Crippen molar-refractivity contribution in [1.82, 2.24) is 5.32 Å². The predicted molar refractivity (Wildman–Crippen MR) is 66.4 cm³/mol. The van der Waals surface area contributed by atoms with E-state index in [2.05, 4.69) is 10.4 Å². The summed E-state index contributed by atoms with van der Waals surface area (Å²) in [4.78, 5) is 0.559. The van der Waals surface area contributed by atoms with Crippen molar-refractivity contribution >= 4 is 23.4 Å². The fourth-order valence-corrected chi connectivity index (χ4v) is 1.69. The zero-order valence-electron chi connectivity index (χ0n) is 9.27. The molecule has 0 radical (unpaired) electrons. The van der Waals surface area contributed by atoms with Crippen LogP contribution in [0.1, 0.15) is 18.2 Å². The number of nitrogens with zero attached hydrogens (tertiary/aromatic N) is 2. The molecule has 1 aromatic rings. The predicted octanol–water partition coefficient (Wildman–Crippen LogP) is -0.206. The molecule has 1 rings (SSSR count). The lowest BCUT2D eigenvalue weighted by Gasteiger charge is -2.07. The maximum Gasteiger partial charge on any atom is 0.235 e. The van der Waals surface area contributed by atoms with Gasteiger partial charge in [0.05, 0.1) is 5.56 Å². The average Bonchev–Trinajstić information content (AvgIpc) is 2.22. The third-order valence-corrected chi connectivity index (χ3v) is 2.42. The molecule has 0 saturated carbocycles. The van der Waals surface area contributed by atoms with Gasteiger partial charge in [0.25, 0.3) is 0 Å². The first-order valence-electron chi connectivity index (χ1n) is 4.84. The number of nitrogens with one attached hydrogen (secondary N) is 1. The topological polar surface area (TPSA) is 74.5 Å². The Morgan fingerprint density at radius 1 is 1.75 bits per heavy atom. The fraction of sp³-hybridized carbons (Fsp3) is 0.300. The molecule has 6 heteroatoms. The summed E-state index contributed by atoms with van der Waals surface area (Å²) >= 11 is 5.20. The third-order valence-electron chi connectivity index (χ3n) is 2.05. The number of hydrogen-bond donors (Lipinski definition) is 3. The standard InChI is InChI=1S/C10H14N4OS/c1-3-12-10(16)8-4-7(15)6-14(2)9(8)5-13-11/h4-6,11H,3H2,1-2H3,(H2,12,15,16)/p+1. The lowest BCUT2D eigenvalue weighted by atomic mass is 10.2. The molecule has 0 aliphatic carbocycles. The van der Waals surface area contributed by atoms with Gasteiger partial charge in [-0.05, 0) is 6.92 Å². The van der Waals surface area contributed by atoms with E-state index in [1.165, 1.54) is 6.21 Å². The number of pyridine rings is 1. The monoisotopic (exact) mass is 239 g/mol. The molecular weight excluding hydrogens is 224 g/mol. The van der Waals surface area contributed by atoms with E-state index in [-0.39, 0.29) is 5.75 Å². The average molecular weight is 239 g/mol. The molecule has 1 aromatic heterocycles. The molecule has 1 heterocycles. The van der Waals surface area contributed by atoms with Crippen molar-refractivity contribution in [1.29, 1.82) is 0 Å². The summed E-state index contributed by atoms with van der Waals surface area (Å²) in [5, 5.41) is 16.0. The second kappa shape index (κ2) is 5.41. The Kier molecular flexibility index (Phi) is 4.19. The highest BCUT2D eigenvalue weighted by Gasteiger charge is 2.17. The van der Waals surface area contributed by atoms with Crippen LogP contribution >= 0.6 is 12.2 Å². The number of aromatic hydroxyl groups is 1. The largest absolute Gasteiger partial charge is 0.503 e. The minimum atomic E-state index is 0.145.